The van der Waals surface area contributed by atoms with E-state index in [2.05, 4.69) is 12.0 Å². The van der Waals surface area contributed by atoms with E-state index < -0.39 is 0 Å². The molecule has 1 aliphatic rings. The van der Waals surface area contributed by atoms with Gasteiger partial charge in [-0.05, 0) is 25.7 Å². The van der Waals surface area contributed by atoms with Gasteiger partial charge < -0.3 is 10.5 Å². The Labute approximate surface area is 90.4 Å². The van der Waals surface area contributed by atoms with Crippen molar-refractivity contribution in [1.82, 2.24) is 9.78 Å². The fourth-order valence-electron chi connectivity index (χ4n) is 2.15. The van der Waals surface area contributed by atoms with Gasteiger partial charge in [0.15, 0.2) is 5.75 Å². The fraction of sp³-hybridized carbons (Fsp3) is 0.727. The summed E-state index contributed by atoms with van der Waals surface area (Å²) in [7, 11) is 1.67. The normalized spacial score (nSPS) is 18.6. The summed E-state index contributed by atoms with van der Waals surface area (Å²) in [6.07, 6.45) is 5.54. The summed E-state index contributed by atoms with van der Waals surface area (Å²) in [4.78, 5) is 0. The van der Waals surface area contributed by atoms with E-state index in [4.69, 9.17) is 10.5 Å². The second-order valence-electron chi connectivity index (χ2n) is 4.13. The smallest absolute Gasteiger partial charge is 0.161 e. The molecule has 0 amide bonds. The van der Waals surface area contributed by atoms with Gasteiger partial charge in [0.05, 0.1) is 25.0 Å². The lowest BCUT2D eigenvalue weighted by Crippen LogP contribution is -2.29. The van der Waals surface area contributed by atoms with Gasteiger partial charge in [-0.25, -0.2) is 0 Å². The molecule has 1 heterocycles. The van der Waals surface area contributed by atoms with Crippen LogP contribution in [-0.2, 0) is 6.54 Å². The van der Waals surface area contributed by atoms with Gasteiger partial charge in [-0.3, -0.25) is 4.68 Å². The van der Waals surface area contributed by atoms with Crippen molar-refractivity contribution in [2.75, 3.05) is 7.11 Å². The van der Waals surface area contributed by atoms with Crippen LogP contribution in [0, 0.1) is 5.92 Å². The van der Waals surface area contributed by atoms with Crippen LogP contribution in [0.25, 0.3) is 0 Å². The number of ether oxygens (including phenoxy) is 1. The zero-order chi connectivity index (χ0) is 10.8. The lowest BCUT2D eigenvalue weighted by Gasteiger charge is -2.31. The van der Waals surface area contributed by atoms with E-state index in [0.717, 1.165) is 18.0 Å². The van der Waals surface area contributed by atoms with Crippen LogP contribution in [0.1, 0.15) is 37.9 Å². The molecule has 1 aromatic heterocycles. The van der Waals surface area contributed by atoms with Gasteiger partial charge in [0.25, 0.3) is 0 Å². The highest BCUT2D eigenvalue weighted by molar-refractivity contribution is 5.29. The Bertz CT molecular complexity index is 309. The summed E-state index contributed by atoms with van der Waals surface area (Å²) in [6.45, 7) is 2.92. The molecule has 0 aromatic carbocycles. The van der Waals surface area contributed by atoms with E-state index in [0.29, 0.717) is 5.92 Å². The molecule has 1 unspecified atom stereocenters. The third-order valence-electron chi connectivity index (χ3n) is 3.34. The molecule has 0 radical (unpaired) electrons. The van der Waals surface area contributed by atoms with Gasteiger partial charge >= 0.3 is 0 Å². The standard InChI is InChI=1S/C11H19N3O/c1-3-14-11(9(15-2)7-13-14)10(12)8-5-4-6-8/h7-8,10H,3-6,12H2,1-2H3. The summed E-state index contributed by atoms with van der Waals surface area (Å²) in [5, 5.41) is 4.28. The first-order valence-electron chi connectivity index (χ1n) is 5.63. The fourth-order valence-corrected chi connectivity index (χ4v) is 2.15. The van der Waals surface area contributed by atoms with E-state index in [1.54, 1.807) is 13.3 Å². The molecule has 1 aliphatic carbocycles. The first-order valence-corrected chi connectivity index (χ1v) is 5.63. The van der Waals surface area contributed by atoms with Crippen molar-refractivity contribution in [3.63, 3.8) is 0 Å². The van der Waals surface area contributed by atoms with Crippen LogP contribution < -0.4 is 10.5 Å². The molecule has 4 heteroatoms. The summed E-state index contributed by atoms with van der Waals surface area (Å²) in [5.74, 6) is 1.44. The second kappa shape index (κ2) is 4.23. The van der Waals surface area contributed by atoms with Crippen molar-refractivity contribution in [3.05, 3.63) is 11.9 Å². The maximum atomic E-state index is 6.26. The number of nitrogens with two attached hydrogens (primary N) is 1. The number of methoxy groups -OCH3 is 1. The molecule has 1 saturated carbocycles. The monoisotopic (exact) mass is 209 g/mol. The number of aryl methyl sites for hydroxylation is 1. The van der Waals surface area contributed by atoms with E-state index >= 15 is 0 Å². The lowest BCUT2D eigenvalue weighted by atomic mass is 9.79. The number of nitrogens with zero attached hydrogens (tertiary/aromatic N) is 2. The van der Waals surface area contributed by atoms with Gasteiger partial charge in [-0.2, -0.15) is 5.10 Å². The molecule has 0 saturated heterocycles. The molecular weight excluding hydrogens is 190 g/mol. The third-order valence-corrected chi connectivity index (χ3v) is 3.34. The molecule has 1 fully saturated rings. The maximum Gasteiger partial charge on any atom is 0.161 e. The Morgan fingerprint density at radius 1 is 1.67 bits per heavy atom. The first kappa shape index (κ1) is 10.5. The van der Waals surface area contributed by atoms with Crippen LogP contribution >= 0.6 is 0 Å². The largest absolute Gasteiger partial charge is 0.493 e. The zero-order valence-electron chi connectivity index (χ0n) is 9.44. The number of rotatable bonds is 4. The van der Waals surface area contributed by atoms with Gasteiger partial charge in [0.1, 0.15) is 0 Å². The molecule has 1 atom stereocenters. The van der Waals surface area contributed by atoms with Crippen LogP contribution in [0.4, 0.5) is 0 Å². The average molecular weight is 209 g/mol. The predicted octanol–water partition coefficient (Wildman–Crippen LogP) is 1.71. The van der Waals surface area contributed by atoms with Crippen molar-refractivity contribution < 1.29 is 4.74 Å². The number of aromatic nitrogens is 2. The highest BCUT2D eigenvalue weighted by atomic mass is 16.5. The minimum atomic E-state index is 0.0798. The molecule has 2 N–H and O–H groups in total. The first-order chi connectivity index (χ1) is 7.27. The SMILES string of the molecule is CCn1ncc(OC)c1C(N)C1CCC1. The van der Waals surface area contributed by atoms with Gasteiger partial charge in [-0.15, -0.1) is 0 Å². The highest BCUT2D eigenvalue weighted by Gasteiger charge is 2.30. The molecule has 0 spiro atoms. The van der Waals surface area contributed by atoms with Gasteiger partial charge in [0.2, 0.25) is 0 Å². The zero-order valence-corrected chi connectivity index (χ0v) is 9.44. The van der Waals surface area contributed by atoms with Crippen LogP contribution in [-0.4, -0.2) is 16.9 Å². The van der Waals surface area contributed by atoms with E-state index in [1.165, 1.54) is 19.3 Å². The quantitative estimate of drug-likeness (QED) is 0.821. The van der Waals surface area contributed by atoms with Crippen molar-refractivity contribution in [2.45, 2.75) is 38.8 Å². The summed E-state index contributed by atoms with van der Waals surface area (Å²) in [6, 6.07) is 0.0798. The third kappa shape index (κ3) is 1.74. The number of hydrogen-bond donors (Lipinski definition) is 1. The van der Waals surface area contributed by atoms with E-state index in [9.17, 15) is 0 Å². The molecule has 4 nitrogen and oxygen atoms in total. The Kier molecular flexibility index (Phi) is 2.95. The van der Waals surface area contributed by atoms with Gasteiger partial charge in [-0.1, -0.05) is 6.42 Å². The molecule has 84 valence electrons. The Hall–Kier alpha value is -1.03. The van der Waals surface area contributed by atoms with E-state index in [-0.39, 0.29) is 6.04 Å². The van der Waals surface area contributed by atoms with Crippen molar-refractivity contribution in [2.24, 2.45) is 11.7 Å². The topological polar surface area (TPSA) is 53.1 Å². The molecule has 0 aliphatic heterocycles. The van der Waals surface area contributed by atoms with Crippen LogP contribution in [0.5, 0.6) is 5.75 Å². The summed E-state index contributed by atoms with van der Waals surface area (Å²) < 4.78 is 7.25. The maximum absolute atomic E-state index is 6.26. The molecule has 0 bridgehead atoms. The molecule has 2 rings (SSSR count). The highest BCUT2D eigenvalue weighted by Crippen LogP contribution is 2.38. The van der Waals surface area contributed by atoms with E-state index in [1.807, 2.05) is 4.68 Å². The minimum Gasteiger partial charge on any atom is -0.493 e. The summed E-state index contributed by atoms with van der Waals surface area (Å²) in [5.41, 5.74) is 7.32. The van der Waals surface area contributed by atoms with Crippen molar-refractivity contribution >= 4 is 0 Å². The van der Waals surface area contributed by atoms with Crippen LogP contribution in [0.3, 0.4) is 0 Å². The van der Waals surface area contributed by atoms with Crippen molar-refractivity contribution in [1.29, 1.82) is 0 Å². The van der Waals surface area contributed by atoms with Crippen LogP contribution in [0.2, 0.25) is 0 Å². The summed E-state index contributed by atoms with van der Waals surface area (Å²) >= 11 is 0. The van der Waals surface area contributed by atoms with Gasteiger partial charge in [0, 0.05) is 6.54 Å². The Morgan fingerprint density at radius 2 is 2.40 bits per heavy atom. The average Bonchev–Trinajstić information content (AvgIpc) is 2.57. The minimum absolute atomic E-state index is 0.0798. The molecular formula is C11H19N3O. The molecule has 1 aromatic rings. The Morgan fingerprint density at radius 3 is 2.87 bits per heavy atom. The molecule has 15 heavy (non-hydrogen) atoms. The number of hydrogen-bond acceptors (Lipinski definition) is 3. The second-order valence-corrected chi connectivity index (χ2v) is 4.13. The van der Waals surface area contributed by atoms with Crippen LogP contribution in [0.15, 0.2) is 6.20 Å². The van der Waals surface area contributed by atoms with Crippen molar-refractivity contribution in [3.8, 4) is 5.75 Å². The Balaban J connectivity index is 2.26. The predicted molar refractivity (Wildman–Crippen MR) is 58.7 cm³/mol. The lowest BCUT2D eigenvalue weighted by molar-refractivity contribution is 0.250.